The molecule has 2 atom stereocenters. The predicted molar refractivity (Wildman–Crippen MR) is 70.3 cm³/mol. The van der Waals surface area contributed by atoms with Gasteiger partial charge in [-0.25, -0.2) is 0 Å². The average molecular weight is 248 g/mol. The Morgan fingerprint density at radius 1 is 0.842 bits per heavy atom. The molecule has 0 aliphatic heterocycles. The van der Waals surface area contributed by atoms with E-state index in [2.05, 4.69) is 24.3 Å². The van der Waals surface area contributed by atoms with Crippen molar-refractivity contribution in [3.05, 3.63) is 70.8 Å². The summed E-state index contributed by atoms with van der Waals surface area (Å²) in [5.74, 6) is -0.172. The molecule has 3 aliphatic rings. The molecular weight excluding hydrogens is 236 g/mol. The lowest BCUT2D eigenvalue weighted by Gasteiger charge is -2.17. The van der Waals surface area contributed by atoms with Crippen molar-refractivity contribution in [1.82, 2.24) is 0 Å². The summed E-state index contributed by atoms with van der Waals surface area (Å²) in [4.78, 5) is 12.0. The molecule has 0 amide bonds. The van der Waals surface area contributed by atoms with Crippen molar-refractivity contribution in [2.24, 2.45) is 5.41 Å². The predicted octanol–water partition coefficient (Wildman–Crippen LogP) is 3.10. The van der Waals surface area contributed by atoms with Gasteiger partial charge in [0.15, 0.2) is 0 Å². The maximum Gasteiger partial charge on any atom is 0.311 e. The van der Waals surface area contributed by atoms with E-state index in [4.69, 9.17) is 0 Å². The van der Waals surface area contributed by atoms with Crippen LogP contribution in [0.4, 0.5) is 0 Å². The number of aliphatic carboxylic acids is 1. The van der Waals surface area contributed by atoms with Gasteiger partial charge in [0.1, 0.15) is 0 Å². The van der Waals surface area contributed by atoms with Gasteiger partial charge in [-0.05, 0) is 22.3 Å². The fourth-order valence-electron chi connectivity index (χ4n) is 4.83. The SMILES string of the molecule is O=C(O)C12C3c4ccccc4[C@@H]1[C@H]2c1ccccc13. The highest BCUT2D eigenvalue weighted by atomic mass is 16.4. The van der Waals surface area contributed by atoms with E-state index < -0.39 is 11.4 Å². The number of carbonyl (C=O) groups is 1. The summed E-state index contributed by atoms with van der Waals surface area (Å²) in [5.41, 5.74) is 4.41. The van der Waals surface area contributed by atoms with Gasteiger partial charge < -0.3 is 5.11 Å². The summed E-state index contributed by atoms with van der Waals surface area (Å²) < 4.78 is 0. The Hall–Kier alpha value is -2.09. The van der Waals surface area contributed by atoms with Crippen molar-refractivity contribution in [2.45, 2.75) is 17.8 Å². The molecule has 19 heavy (non-hydrogen) atoms. The molecule has 0 bridgehead atoms. The highest BCUT2D eigenvalue weighted by molar-refractivity contribution is 5.92. The van der Waals surface area contributed by atoms with Gasteiger partial charge >= 0.3 is 5.97 Å². The van der Waals surface area contributed by atoms with Gasteiger partial charge in [-0.15, -0.1) is 0 Å². The lowest BCUT2D eigenvalue weighted by Crippen LogP contribution is -2.21. The third-order valence-electron chi connectivity index (χ3n) is 5.39. The fourth-order valence-corrected chi connectivity index (χ4v) is 4.83. The summed E-state index contributed by atoms with van der Waals surface area (Å²) in [6.45, 7) is 0. The van der Waals surface area contributed by atoms with Crippen LogP contribution in [0.15, 0.2) is 48.5 Å². The van der Waals surface area contributed by atoms with Crippen LogP contribution in [0.3, 0.4) is 0 Å². The molecule has 2 heteroatoms. The Morgan fingerprint density at radius 3 is 1.68 bits per heavy atom. The van der Waals surface area contributed by atoms with Gasteiger partial charge in [-0.1, -0.05) is 48.5 Å². The summed E-state index contributed by atoms with van der Waals surface area (Å²) >= 11 is 0. The molecule has 1 fully saturated rings. The van der Waals surface area contributed by atoms with Gasteiger partial charge in [-0.2, -0.15) is 0 Å². The third-order valence-corrected chi connectivity index (χ3v) is 5.39. The van der Waals surface area contributed by atoms with E-state index >= 15 is 0 Å². The van der Waals surface area contributed by atoms with Crippen molar-refractivity contribution >= 4 is 5.97 Å². The second kappa shape index (κ2) is 2.74. The van der Waals surface area contributed by atoms with Gasteiger partial charge in [0, 0.05) is 17.8 Å². The minimum atomic E-state index is -0.625. The van der Waals surface area contributed by atoms with Crippen molar-refractivity contribution < 1.29 is 9.90 Å². The molecule has 0 unspecified atom stereocenters. The van der Waals surface area contributed by atoms with Gasteiger partial charge in [0.25, 0.3) is 0 Å². The van der Waals surface area contributed by atoms with Crippen molar-refractivity contribution in [2.75, 3.05) is 0 Å². The Balaban J connectivity index is 1.88. The van der Waals surface area contributed by atoms with Crippen molar-refractivity contribution in [3.8, 4) is 0 Å². The normalized spacial score (nSPS) is 35.5. The van der Waals surface area contributed by atoms with Crippen LogP contribution < -0.4 is 0 Å². The number of carboxylic acids is 1. The first-order valence-electron chi connectivity index (χ1n) is 6.69. The van der Waals surface area contributed by atoms with Crippen LogP contribution in [-0.4, -0.2) is 11.1 Å². The van der Waals surface area contributed by atoms with Crippen LogP contribution in [0.2, 0.25) is 0 Å². The van der Waals surface area contributed by atoms with Crippen LogP contribution in [0.5, 0.6) is 0 Å². The van der Waals surface area contributed by atoms with E-state index in [1.54, 1.807) is 0 Å². The van der Waals surface area contributed by atoms with Crippen molar-refractivity contribution in [3.63, 3.8) is 0 Å². The molecule has 2 nitrogen and oxygen atoms in total. The quantitative estimate of drug-likeness (QED) is 0.842. The molecule has 3 aliphatic carbocycles. The highest BCUT2D eigenvalue weighted by Gasteiger charge is 2.81. The molecule has 5 rings (SSSR count). The number of hydrogen-bond acceptors (Lipinski definition) is 1. The minimum Gasteiger partial charge on any atom is -0.481 e. The molecule has 2 aromatic rings. The molecule has 1 N–H and O–H groups in total. The van der Waals surface area contributed by atoms with E-state index in [0.717, 1.165) is 0 Å². The van der Waals surface area contributed by atoms with E-state index in [0.29, 0.717) is 0 Å². The molecule has 0 saturated heterocycles. The Bertz CT molecular complexity index is 693. The summed E-state index contributed by atoms with van der Waals surface area (Å²) in [7, 11) is 0. The smallest absolute Gasteiger partial charge is 0.311 e. The van der Waals surface area contributed by atoms with Crippen LogP contribution in [0.25, 0.3) is 0 Å². The van der Waals surface area contributed by atoms with E-state index in [1.807, 2.05) is 24.3 Å². The van der Waals surface area contributed by atoms with Crippen LogP contribution in [-0.2, 0) is 4.79 Å². The van der Waals surface area contributed by atoms with Gasteiger partial charge in [0.2, 0.25) is 0 Å². The number of rotatable bonds is 1. The molecule has 0 spiro atoms. The van der Waals surface area contributed by atoms with E-state index in [9.17, 15) is 9.90 Å². The fraction of sp³-hybridized carbons (Fsp3) is 0.235. The zero-order chi connectivity index (χ0) is 12.8. The topological polar surface area (TPSA) is 37.3 Å². The zero-order valence-electron chi connectivity index (χ0n) is 10.2. The van der Waals surface area contributed by atoms with Gasteiger partial charge in [-0.3, -0.25) is 4.79 Å². The largest absolute Gasteiger partial charge is 0.481 e. The number of carboxylic acid groups (broad SMARTS) is 1. The number of hydrogen-bond donors (Lipinski definition) is 1. The molecule has 92 valence electrons. The summed E-state index contributed by atoms with van der Waals surface area (Å²) in [5, 5.41) is 9.84. The molecule has 2 aromatic carbocycles. The average Bonchev–Trinajstić information content (AvgIpc) is 2.94. The van der Waals surface area contributed by atoms with Crippen LogP contribution in [0.1, 0.15) is 40.0 Å². The highest BCUT2D eigenvalue weighted by Crippen LogP contribution is 2.85. The Labute approximate surface area is 110 Å². The van der Waals surface area contributed by atoms with Crippen LogP contribution >= 0.6 is 0 Å². The number of fused-ring (bicyclic) bond motifs is 7. The first-order valence-corrected chi connectivity index (χ1v) is 6.69. The van der Waals surface area contributed by atoms with E-state index in [1.165, 1.54) is 22.3 Å². The molecule has 0 heterocycles. The monoisotopic (exact) mass is 248 g/mol. The zero-order valence-corrected chi connectivity index (χ0v) is 10.2. The maximum absolute atomic E-state index is 12.0. The van der Waals surface area contributed by atoms with Gasteiger partial charge in [0.05, 0.1) is 5.41 Å². The standard InChI is InChI=1S/C17H12O2/c18-16(19)17-13-9-5-1-3-7-11(9)14(17)15(17)12-8-4-2-6-10(12)13/h1-8,13-15H,(H,18,19)/t13?,14-,15-,17?/m1/s1. The van der Waals surface area contributed by atoms with E-state index in [-0.39, 0.29) is 17.8 Å². The second-order valence-corrected chi connectivity index (χ2v) is 5.88. The van der Waals surface area contributed by atoms with Crippen molar-refractivity contribution in [1.29, 1.82) is 0 Å². The summed E-state index contributed by atoms with van der Waals surface area (Å²) in [6, 6.07) is 16.5. The number of benzene rings is 2. The second-order valence-electron chi connectivity index (χ2n) is 5.88. The first kappa shape index (κ1) is 9.79. The minimum absolute atomic E-state index is 0.0624. The summed E-state index contributed by atoms with van der Waals surface area (Å²) in [6.07, 6.45) is 0. The third kappa shape index (κ3) is 0.803. The first-order chi connectivity index (χ1) is 9.28. The molecular formula is C17H12O2. The lowest BCUT2D eigenvalue weighted by molar-refractivity contribution is -0.143. The maximum atomic E-state index is 12.0. The molecule has 1 saturated carbocycles. The Morgan fingerprint density at radius 2 is 1.26 bits per heavy atom. The van der Waals surface area contributed by atoms with Crippen LogP contribution in [0, 0.1) is 5.41 Å². The molecule has 0 radical (unpaired) electrons. The molecule has 0 aromatic heterocycles. The lowest BCUT2D eigenvalue weighted by atomic mass is 9.85. The Kier molecular flexibility index (Phi) is 1.41.